The van der Waals surface area contributed by atoms with E-state index in [0.29, 0.717) is 11.3 Å². The van der Waals surface area contributed by atoms with Crippen LogP contribution in [0.1, 0.15) is 23.1 Å². The number of carbonyl (C=O) groups excluding carboxylic acids is 1. The van der Waals surface area contributed by atoms with Gasteiger partial charge in [-0.2, -0.15) is 13.2 Å². The number of benzene rings is 3. The second-order valence-electron chi connectivity index (χ2n) is 7.36. The van der Waals surface area contributed by atoms with Crippen LogP contribution >= 0.6 is 11.6 Å². The molecule has 0 fully saturated rings. The minimum absolute atomic E-state index is 0.00742. The van der Waals surface area contributed by atoms with Gasteiger partial charge in [0.2, 0.25) is 5.91 Å². The maximum absolute atomic E-state index is 12.9. The van der Waals surface area contributed by atoms with Crippen molar-refractivity contribution in [3.05, 3.63) is 88.4 Å². The first-order chi connectivity index (χ1) is 15.4. The number of amides is 1. The Morgan fingerprint density at radius 1 is 0.970 bits per heavy atom. The lowest BCUT2D eigenvalue weighted by molar-refractivity contribution is -0.137. The lowest BCUT2D eigenvalue weighted by Gasteiger charge is -2.12. The number of alkyl halides is 3. The molecule has 0 spiro atoms. The molecule has 0 unspecified atom stereocenters. The van der Waals surface area contributed by atoms with Crippen LogP contribution in [-0.2, 0) is 27.4 Å². The Morgan fingerprint density at radius 3 is 2.21 bits per heavy atom. The SMILES string of the molecule is Cc1ccc(NS(=O)(=O)c2ccc(CCC(=O)Nc3cc(C(F)(F)F)ccc3Cl)cc2)cc1. The number of hydrogen-bond donors (Lipinski definition) is 2. The number of halogens is 4. The predicted octanol–water partition coefficient (Wildman–Crippen LogP) is 6.04. The van der Waals surface area contributed by atoms with Crippen molar-refractivity contribution in [3.63, 3.8) is 0 Å². The van der Waals surface area contributed by atoms with Crippen LogP contribution in [0.5, 0.6) is 0 Å². The Kier molecular flexibility index (Phi) is 7.34. The molecule has 0 saturated carbocycles. The number of sulfonamides is 1. The maximum Gasteiger partial charge on any atom is 0.416 e. The molecule has 0 bridgehead atoms. The third-order valence-corrected chi connectivity index (χ3v) is 6.47. The molecule has 0 atom stereocenters. The van der Waals surface area contributed by atoms with E-state index in [0.717, 1.165) is 23.8 Å². The average Bonchev–Trinajstić information content (AvgIpc) is 2.75. The second-order valence-corrected chi connectivity index (χ2v) is 9.45. The molecule has 0 aromatic heterocycles. The molecule has 10 heteroatoms. The maximum atomic E-state index is 12.9. The van der Waals surface area contributed by atoms with Gasteiger partial charge in [-0.1, -0.05) is 41.4 Å². The lowest BCUT2D eigenvalue weighted by atomic mass is 10.1. The zero-order valence-electron chi connectivity index (χ0n) is 17.4. The molecule has 0 heterocycles. The fourth-order valence-corrected chi connectivity index (χ4v) is 4.16. The van der Waals surface area contributed by atoms with Gasteiger partial charge < -0.3 is 5.32 Å². The van der Waals surface area contributed by atoms with Crippen LogP contribution in [-0.4, -0.2) is 14.3 Å². The average molecular weight is 497 g/mol. The zero-order chi connectivity index (χ0) is 24.2. The normalized spacial score (nSPS) is 11.8. The summed E-state index contributed by atoms with van der Waals surface area (Å²) in [5.41, 5.74) is 1.09. The van der Waals surface area contributed by atoms with E-state index in [4.69, 9.17) is 11.6 Å². The van der Waals surface area contributed by atoms with Crippen LogP contribution in [0.3, 0.4) is 0 Å². The fourth-order valence-electron chi connectivity index (χ4n) is 2.94. The molecule has 0 aliphatic carbocycles. The zero-order valence-corrected chi connectivity index (χ0v) is 19.0. The predicted molar refractivity (Wildman–Crippen MR) is 122 cm³/mol. The van der Waals surface area contributed by atoms with E-state index in [2.05, 4.69) is 10.0 Å². The smallest absolute Gasteiger partial charge is 0.325 e. The lowest BCUT2D eigenvalue weighted by Crippen LogP contribution is -2.14. The van der Waals surface area contributed by atoms with E-state index < -0.39 is 27.7 Å². The van der Waals surface area contributed by atoms with Crippen molar-refractivity contribution in [2.75, 3.05) is 10.0 Å². The van der Waals surface area contributed by atoms with Gasteiger partial charge in [-0.15, -0.1) is 0 Å². The van der Waals surface area contributed by atoms with Crippen molar-refractivity contribution in [3.8, 4) is 0 Å². The monoisotopic (exact) mass is 496 g/mol. The second kappa shape index (κ2) is 9.84. The quantitative estimate of drug-likeness (QED) is 0.419. The highest BCUT2D eigenvalue weighted by atomic mass is 35.5. The summed E-state index contributed by atoms with van der Waals surface area (Å²) in [5, 5.41) is 2.38. The molecule has 1 amide bonds. The van der Waals surface area contributed by atoms with Crippen molar-refractivity contribution < 1.29 is 26.4 Å². The standard InChI is InChI=1S/C23H20ClF3N2O3S/c1-15-2-8-18(9-3-15)29-33(31,32)19-10-4-16(5-11-19)6-13-22(30)28-21-14-17(23(25,26)27)7-12-20(21)24/h2-5,7-12,14,29H,6,13H2,1H3,(H,28,30). The van der Waals surface area contributed by atoms with Gasteiger partial charge in [0.1, 0.15) is 0 Å². The van der Waals surface area contributed by atoms with Gasteiger partial charge in [0.25, 0.3) is 10.0 Å². The molecule has 0 aliphatic rings. The van der Waals surface area contributed by atoms with Crippen molar-refractivity contribution in [1.82, 2.24) is 0 Å². The number of carbonyl (C=O) groups is 1. The van der Waals surface area contributed by atoms with E-state index in [1.807, 2.05) is 6.92 Å². The molecule has 0 radical (unpaired) electrons. The van der Waals surface area contributed by atoms with Crippen LogP contribution in [0.25, 0.3) is 0 Å². The number of nitrogens with one attached hydrogen (secondary N) is 2. The molecule has 0 saturated heterocycles. The Hall–Kier alpha value is -3.04. The Labute approximate surface area is 194 Å². The third-order valence-electron chi connectivity index (χ3n) is 4.75. The van der Waals surface area contributed by atoms with Crippen molar-refractivity contribution in [2.45, 2.75) is 30.8 Å². The number of aryl methyl sites for hydroxylation is 2. The Bertz CT molecular complexity index is 1240. The number of anilines is 2. The summed E-state index contributed by atoms with van der Waals surface area (Å²) >= 11 is 5.89. The number of rotatable bonds is 7. The summed E-state index contributed by atoms with van der Waals surface area (Å²) < 4.78 is 66.1. The highest BCUT2D eigenvalue weighted by Gasteiger charge is 2.31. The minimum Gasteiger partial charge on any atom is -0.325 e. The fraction of sp³-hybridized carbons (Fsp3) is 0.174. The molecular formula is C23H20ClF3N2O3S. The van der Waals surface area contributed by atoms with E-state index >= 15 is 0 Å². The molecule has 3 aromatic rings. The van der Waals surface area contributed by atoms with Gasteiger partial charge >= 0.3 is 6.18 Å². The topological polar surface area (TPSA) is 75.3 Å². The highest BCUT2D eigenvalue weighted by Crippen LogP contribution is 2.33. The van der Waals surface area contributed by atoms with E-state index in [1.165, 1.54) is 12.1 Å². The van der Waals surface area contributed by atoms with Gasteiger partial charge in [0, 0.05) is 12.1 Å². The molecule has 3 rings (SSSR count). The van der Waals surface area contributed by atoms with Crippen LogP contribution < -0.4 is 10.0 Å². The molecule has 3 aromatic carbocycles. The molecule has 0 aliphatic heterocycles. The number of hydrogen-bond acceptors (Lipinski definition) is 3. The Morgan fingerprint density at radius 2 is 1.61 bits per heavy atom. The summed E-state index contributed by atoms with van der Waals surface area (Å²) in [4.78, 5) is 12.3. The Balaban J connectivity index is 1.60. The summed E-state index contributed by atoms with van der Waals surface area (Å²) in [6.07, 6.45) is -4.32. The third kappa shape index (κ3) is 6.72. The summed E-state index contributed by atoms with van der Waals surface area (Å²) in [7, 11) is -3.77. The van der Waals surface area contributed by atoms with Gasteiger partial charge in [-0.25, -0.2) is 8.42 Å². The van der Waals surface area contributed by atoms with E-state index in [-0.39, 0.29) is 28.4 Å². The largest absolute Gasteiger partial charge is 0.416 e. The van der Waals surface area contributed by atoms with Crippen LogP contribution in [0.2, 0.25) is 5.02 Å². The van der Waals surface area contributed by atoms with Crippen molar-refractivity contribution in [1.29, 1.82) is 0 Å². The van der Waals surface area contributed by atoms with Crippen LogP contribution in [0, 0.1) is 6.92 Å². The van der Waals surface area contributed by atoms with E-state index in [1.54, 1.807) is 36.4 Å². The van der Waals surface area contributed by atoms with Crippen molar-refractivity contribution in [2.24, 2.45) is 0 Å². The summed E-state index contributed by atoms with van der Waals surface area (Å²) in [5.74, 6) is -0.519. The first-order valence-electron chi connectivity index (χ1n) is 9.79. The van der Waals surface area contributed by atoms with Crippen LogP contribution in [0.15, 0.2) is 71.6 Å². The van der Waals surface area contributed by atoms with Gasteiger partial charge in [0.05, 0.1) is 21.2 Å². The molecule has 33 heavy (non-hydrogen) atoms. The van der Waals surface area contributed by atoms with Gasteiger partial charge in [-0.05, 0) is 61.4 Å². The first kappa shape index (κ1) is 24.6. The molecule has 5 nitrogen and oxygen atoms in total. The molecule has 2 N–H and O–H groups in total. The van der Waals surface area contributed by atoms with E-state index in [9.17, 15) is 26.4 Å². The highest BCUT2D eigenvalue weighted by molar-refractivity contribution is 7.92. The molecular weight excluding hydrogens is 477 g/mol. The van der Waals surface area contributed by atoms with Gasteiger partial charge in [0.15, 0.2) is 0 Å². The van der Waals surface area contributed by atoms with Gasteiger partial charge in [-0.3, -0.25) is 9.52 Å². The van der Waals surface area contributed by atoms with Crippen molar-refractivity contribution >= 4 is 38.9 Å². The minimum atomic E-state index is -4.56. The molecule has 174 valence electrons. The van der Waals surface area contributed by atoms with Crippen LogP contribution in [0.4, 0.5) is 24.5 Å². The summed E-state index contributed by atoms with van der Waals surface area (Å²) in [6, 6.07) is 15.6. The first-order valence-corrected chi connectivity index (χ1v) is 11.7. The summed E-state index contributed by atoms with van der Waals surface area (Å²) in [6.45, 7) is 1.89.